The number of carbonyl (C=O) groups is 1. The van der Waals surface area contributed by atoms with Gasteiger partial charge < -0.3 is 0 Å². The SMILES string of the molecule is CC(C)S(=O)(=O)N1CCc2nc(NC(=O)c3cc(-c4ccccc4)nn3C)sc2C1. The molecule has 1 aliphatic rings. The molecule has 0 fully saturated rings. The van der Waals surface area contributed by atoms with Crippen LogP contribution in [0.5, 0.6) is 0 Å². The van der Waals surface area contributed by atoms with E-state index in [2.05, 4.69) is 15.4 Å². The van der Waals surface area contributed by atoms with Crippen LogP contribution in [0.3, 0.4) is 0 Å². The van der Waals surface area contributed by atoms with E-state index in [1.807, 2.05) is 30.3 Å². The van der Waals surface area contributed by atoms with Gasteiger partial charge in [0.2, 0.25) is 10.0 Å². The van der Waals surface area contributed by atoms with Gasteiger partial charge in [-0.25, -0.2) is 13.4 Å². The van der Waals surface area contributed by atoms with Crippen molar-refractivity contribution in [2.45, 2.75) is 32.1 Å². The monoisotopic (exact) mass is 445 g/mol. The molecule has 10 heteroatoms. The average Bonchev–Trinajstić information content (AvgIpc) is 3.30. The normalized spacial score (nSPS) is 14.7. The molecule has 0 unspecified atom stereocenters. The van der Waals surface area contributed by atoms with Gasteiger partial charge in [-0.2, -0.15) is 9.40 Å². The maximum atomic E-state index is 12.8. The molecule has 4 rings (SSSR count). The van der Waals surface area contributed by atoms with Gasteiger partial charge in [-0.3, -0.25) is 14.8 Å². The van der Waals surface area contributed by atoms with Gasteiger partial charge in [0.15, 0.2) is 5.13 Å². The molecule has 0 saturated carbocycles. The Morgan fingerprint density at radius 3 is 2.67 bits per heavy atom. The highest BCUT2D eigenvalue weighted by Gasteiger charge is 2.31. The number of aryl methyl sites for hydroxylation is 1. The molecular weight excluding hydrogens is 422 g/mol. The Kier molecular flexibility index (Phi) is 5.48. The Morgan fingerprint density at radius 1 is 1.23 bits per heavy atom. The second-order valence-electron chi connectivity index (χ2n) is 7.42. The third-order valence-corrected chi connectivity index (χ3v) is 8.28. The maximum absolute atomic E-state index is 12.8. The molecule has 3 aromatic rings. The molecule has 2 aromatic heterocycles. The van der Waals surface area contributed by atoms with Crippen molar-refractivity contribution in [3.8, 4) is 11.3 Å². The van der Waals surface area contributed by atoms with E-state index >= 15 is 0 Å². The zero-order chi connectivity index (χ0) is 21.5. The van der Waals surface area contributed by atoms with Crippen LogP contribution in [0.4, 0.5) is 5.13 Å². The van der Waals surface area contributed by atoms with Crippen LogP contribution in [-0.4, -0.2) is 45.2 Å². The first-order valence-electron chi connectivity index (χ1n) is 9.64. The van der Waals surface area contributed by atoms with Gasteiger partial charge in [-0.15, -0.1) is 11.3 Å². The minimum atomic E-state index is -3.32. The third-order valence-electron chi connectivity index (χ3n) is 5.05. The third kappa shape index (κ3) is 3.90. The summed E-state index contributed by atoms with van der Waals surface area (Å²) in [5.41, 5.74) is 2.92. The van der Waals surface area contributed by atoms with E-state index < -0.39 is 15.3 Å². The van der Waals surface area contributed by atoms with Crippen molar-refractivity contribution >= 4 is 32.4 Å². The number of rotatable bonds is 5. The Labute approximate surface area is 179 Å². The first kappa shape index (κ1) is 20.7. The van der Waals surface area contributed by atoms with Crippen molar-refractivity contribution < 1.29 is 13.2 Å². The number of carbonyl (C=O) groups excluding carboxylic acids is 1. The highest BCUT2D eigenvalue weighted by molar-refractivity contribution is 7.89. The number of aromatic nitrogens is 3. The molecule has 0 spiro atoms. The Bertz CT molecular complexity index is 1180. The summed E-state index contributed by atoms with van der Waals surface area (Å²) in [7, 11) is -1.59. The van der Waals surface area contributed by atoms with Crippen LogP contribution in [0.15, 0.2) is 36.4 Å². The molecule has 1 N–H and O–H groups in total. The summed E-state index contributed by atoms with van der Waals surface area (Å²) in [6.45, 7) is 4.07. The molecule has 1 aromatic carbocycles. The molecule has 0 atom stereocenters. The van der Waals surface area contributed by atoms with Crippen LogP contribution >= 0.6 is 11.3 Å². The topological polar surface area (TPSA) is 97.2 Å². The van der Waals surface area contributed by atoms with Crippen LogP contribution in [0.1, 0.15) is 34.9 Å². The van der Waals surface area contributed by atoms with Crippen molar-refractivity contribution in [1.29, 1.82) is 0 Å². The van der Waals surface area contributed by atoms with Crippen LogP contribution in [0.25, 0.3) is 11.3 Å². The minimum absolute atomic E-state index is 0.299. The van der Waals surface area contributed by atoms with E-state index in [1.165, 1.54) is 15.6 Å². The first-order valence-corrected chi connectivity index (χ1v) is 12.0. The van der Waals surface area contributed by atoms with Crippen molar-refractivity contribution in [3.05, 3.63) is 52.7 Å². The summed E-state index contributed by atoms with van der Waals surface area (Å²) in [5, 5.41) is 7.27. The van der Waals surface area contributed by atoms with E-state index in [0.717, 1.165) is 21.8 Å². The van der Waals surface area contributed by atoms with Crippen LogP contribution in [0, 0.1) is 0 Å². The first-order chi connectivity index (χ1) is 14.3. The van der Waals surface area contributed by atoms with E-state index in [4.69, 9.17) is 0 Å². The highest BCUT2D eigenvalue weighted by Crippen LogP contribution is 2.30. The van der Waals surface area contributed by atoms with E-state index in [1.54, 1.807) is 31.6 Å². The molecule has 0 bridgehead atoms. The number of amides is 1. The zero-order valence-corrected chi connectivity index (χ0v) is 18.6. The van der Waals surface area contributed by atoms with Crippen molar-refractivity contribution in [3.63, 3.8) is 0 Å². The lowest BCUT2D eigenvalue weighted by Gasteiger charge is -2.26. The number of sulfonamides is 1. The number of anilines is 1. The predicted molar refractivity (Wildman–Crippen MR) is 117 cm³/mol. The van der Waals surface area contributed by atoms with Crippen LogP contribution in [-0.2, 0) is 30.0 Å². The highest BCUT2D eigenvalue weighted by atomic mass is 32.2. The lowest BCUT2D eigenvalue weighted by molar-refractivity contribution is 0.101. The fourth-order valence-electron chi connectivity index (χ4n) is 3.33. The van der Waals surface area contributed by atoms with Gasteiger partial charge in [0.25, 0.3) is 5.91 Å². The van der Waals surface area contributed by atoms with Gasteiger partial charge in [0.05, 0.1) is 16.6 Å². The summed E-state index contributed by atoms with van der Waals surface area (Å²) in [4.78, 5) is 18.2. The molecule has 30 heavy (non-hydrogen) atoms. The number of fused-ring (bicyclic) bond motifs is 1. The molecule has 8 nitrogen and oxygen atoms in total. The summed E-state index contributed by atoms with van der Waals surface area (Å²) >= 11 is 1.32. The summed E-state index contributed by atoms with van der Waals surface area (Å²) in [5.74, 6) is -0.301. The second kappa shape index (κ2) is 7.93. The maximum Gasteiger partial charge on any atom is 0.275 e. The standard InChI is InChI=1S/C20H23N5O3S2/c1-13(2)30(27,28)25-10-9-15-18(12-25)29-20(21-15)22-19(26)17-11-16(23-24(17)3)14-7-5-4-6-8-14/h4-8,11,13H,9-10,12H2,1-3H3,(H,21,22,26). The summed E-state index contributed by atoms with van der Waals surface area (Å²) in [6, 6.07) is 11.4. The van der Waals surface area contributed by atoms with E-state index in [9.17, 15) is 13.2 Å². The minimum Gasteiger partial charge on any atom is -0.296 e. The second-order valence-corrected chi connectivity index (χ2v) is 11.0. The van der Waals surface area contributed by atoms with Gasteiger partial charge in [0.1, 0.15) is 5.69 Å². The molecule has 1 amide bonds. The lowest BCUT2D eigenvalue weighted by atomic mass is 10.1. The molecule has 0 radical (unpaired) electrons. The largest absolute Gasteiger partial charge is 0.296 e. The smallest absolute Gasteiger partial charge is 0.275 e. The number of hydrogen-bond acceptors (Lipinski definition) is 6. The lowest BCUT2D eigenvalue weighted by Crippen LogP contribution is -2.39. The fourth-order valence-corrected chi connectivity index (χ4v) is 5.68. The summed E-state index contributed by atoms with van der Waals surface area (Å²) < 4.78 is 27.9. The van der Waals surface area contributed by atoms with E-state index in [0.29, 0.717) is 30.3 Å². The zero-order valence-electron chi connectivity index (χ0n) is 17.0. The van der Waals surface area contributed by atoms with Gasteiger partial charge in [-0.05, 0) is 19.9 Å². The van der Waals surface area contributed by atoms with E-state index in [-0.39, 0.29) is 5.91 Å². The Hall–Kier alpha value is -2.56. The molecular formula is C20H23N5O3S2. The number of thiazole rings is 1. The van der Waals surface area contributed by atoms with Gasteiger partial charge in [0, 0.05) is 37.0 Å². The predicted octanol–water partition coefficient (Wildman–Crippen LogP) is 2.89. The number of nitrogens with zero attached hydrogens (tertiary/aromatic N) is 4. The molecule has 0 saturated heterocycles. The van der Waals surface area contributed by atoms with Gasteiger partial charge >= 0.3 is 0 Å². The quantitative estimate of drug-likeness (QED) is 0.651. The molecule has 1 aliphatic heterocycles. The molecule has 3 heterocycles. The molecule has 0 aliphatic carbocycles. The molecule has 158 valence electrons. The van der Waals surface area contributed by atoms with Crippen LogP contribution in [0.2, 0.25) is 0 Å². The Balaban J connectivity index is 1.51. The van der Waals surface area contributed by atoms with Crippen LogP contribution < -0.4 is 5.32 Å². The van der Waals surface area contributed by atoms with Crippen molar-refractivity contribution in [2.24, 2.45) is 7.05 Å². The fraction of sp³-hybridized carbons (Fsp3) is 0.350. The van der Waals surface area contributed by atoms with Crippen molar-refractivity contribution in [1.82, 2.24) is 19.1 Å². The number of benzene rings is 1. The summed E-state index contributed by atoms with van der Waals surface area (Å²) in [6.07, 6.45) is 0.539. The van der Waals surface area contributed by atoms with Gasteiger partial charge in [-0.1, -0.05) is 30.3 Å². The van der Waals surface area contributed by atoms with Crippen molar-refractivity contribution in [2.75, 3.05) is 11.9 Å². The number of nitrogens with one attached hydrogen (secondary N) is 1. The Morgan fingerprint density at radius 2 is 1.97 bits per heavy atom. The number of hydrogen-bond donors (Lipinski definition) is 1. The average molecular weight is 446 g/mol.